The van der Waals surface area contributed by atoms with Gasteiger partial charge in [-0.1, -0.05) is 24.3 Å². The van der Waals surface area contributed by atoms with Gasteiger partial charge in [-0.2, -0.15) is 5.10 Å². The highest BCUT2D eigenvalue weighted by Gasteiger charge is 2.23. The normalized spacial score (nSPS) is 14.0. The molecule has 6 rings (SSSR count). The van der Waals surface area contributed by atoms with Gasteiger partial charge in [-0.05, 0) is 67.7 Å². The average molecular weight is 596 g/mol. The minimum absolute atomic E-state index is 0.0722. The van der Waals surface area contributed by atoms with Gasteiger partial charge in [0.25, 0.3) is 11.8 Å². The number of fused-ring (bicyclic) bond motifs is 1. The molecule has 0 bridgehead atoms. The largest absolute Gasteiger partial charge is 0.369 e. The van der Waals surface area contributed by atoms with E-state index in [2.05, 4.69) is 42.7 Å². The van der Waals surface area contributed by atoms with Crippen molar-refractivity contribution in [2.75, 3.05) is 48.8 Å². The first-order valence-corrected chi connectivity index (χ1v) is 15.2. The quantitative estimate of drug-likeness (QED) is 0.256. The molecule has 1 aliphatic rings. The lowest BCUT2D eigenvalue weighted by molar-refractivity contribution is 0.102. The van der Waals surface area contributed by atoms with E-state index in [4.69, 9.17) is 0 Å². The fourth-order valence-corrected chi connectivity index (χ4v) is 6.25. The number of aromatic amines is 1. The highest BCUT2D eigenvalue weighted by atomic mass is 32.2. The van der Waals surface area contributed by atoms with Crippen molar-refractivity contribution in [1.82, 2.24) is 20.1 Å². The predicted octanol–water partition coefficient (Wildman–Crippen LogP) is 4.05. The number of nitrogens with zero attached hydrogens (tertiary/aromatic N) is 4. The molecule has 3 aromatic carbocycles. The van der Waals surface area contributed by atoms with E-state index in [1.54, 1.807) is 54.6 Å². The molecule has 0 radical (unpaired) electrons. The fourth-order valence-electron chi connectivity index (χ4n) is 4.94. The minimum Gasteiger partial charge on any atom is -0.369 e. The second-order valence-electron chi connectivity index (χ2n) is 10.2. The van der Waals surface area contributed by atoms with E-state index < -0.39 is 21.7 Å². The summed E-state index contributed by atoms with van der Waals surface area (Å²) in [5, 5.41) is 13.1. The molecule has 0 atom stereocenters. The van der Waals surface area contributed by atoms with Crippen molar-refractivity contribution < 1.29 is 18.0 Å². The number of likely N-dealkylation sites (N-methyl/N-ethyl adjacent to an activating group) is 1. The molecule has 43 heavy (non-hydrogen) atoms. The van der Waals surface area contributed by atoms with Crippen molar-refractivity contribution in [1.29, 1.82) is 0 Å². The average Bonchev–Trinajstić information content (AvgIpc) is 3.44. The molecule has 1 fully saturated rings. The molecule has 218 valence electrons. The Hall–Kier alpha value is -5.07. The van der Waals surface area contributed by atoms with Crippen LogP contribution in [0.2, 0.25) is 0 Å². The van der Waals surface area contributed by atoms with E-state index in [1.807, 2.05) is 6.07 Å². The van der Waals surface area contributed by atoms with Crippen LogP contribution in [0.25, 0.3) is 10.9 Å². The van der Waals surface area contributed by atoms with Crippen LogP contribution < -0.4 is 15.5 Å². The van der Waals surface area contributed by atoms with Crippen LogP contribution in [0, 0.1) is 0 Å². The number of rotatable bonds is 7. The number of pyridine rings is 1. The number of nitrogens with one attached hydrogen (secondary N) is 3. The van der Waals surface area contributed by atoms with Gasteiger partial charge in [0.05, 0.1) is 26.6 Å². The Morgan fingerprint density at radius 3 is 2.33 bits per heavy atom. The molecule has 0 unspecified atom stereocenters. The molecule has 2 amide bonds. The molecule has 1 saturated heterocycles. The van der Waals surface area contributed by atoms with Gasteiger partial charge < -0.3 is 20.4 Å². The van der Waals surface area contributed by atoms with E-state index in [0.717, 1.165) is 31.9 Å². The van der Waals surface area contributed by atoms with Gasteiger partial charge in [-0.25, -0.2) is 8.42 Å². The number of carbonyl (C=O) groups excluding carboxylic acids is 2. The van der Waals surface area contributed by atoms with E-state index in [0.29, 0.717) is 16.6 Å². The summed E-state index contributed by atoms with van der Waals surface area (Å²) < 4.78 is 26.5. The van der Waals surface area contributed by atoms with E-state index in [1.165, 1.54) is 30.5 Å². The number of amides is 2. The summed E-state index contributed by atoms with van der Waals surface area (Å²) in [5.41, 5.74) is 2.17. The highest BCUT2D eigenvalue weighted by Crippen LogP contribution is 2.30. The van der Waals surface area contributed by atoms with Crippen LogP contribution in [0.15, 0.2) is 101 Å². The number of aromatic nitrogens is 3. The topological polar surface area (TPSA) is 140 Å². The van der Waals surface area contributed by atoms with E-state index >= 15 is 0 Å². The summed E-state index contributed by atoms with van der Waals surface area (Å²) in [5.74, 6) is -0.813. The number of piperazine rings is 1. The Balaban J connectivity index is 1.32. The molecular formula is C31H29N7O4S. The van der Waals surface area contributed by atoms with Crippen LogP contribution in [-0.2, 0) is 9.84 Å². The van der Waals surface area contributed by atoms with Crippen molar-refractivity contribution in [3.05, 3.63) is 102 Å². The molecule has 12 heteroatoms. The van der Waals surface area contributed by atoms with Crippen LogP contribution in [0.3, 0.4) is 0 Å². The smallest absolute Gasteiger partial charge is 0.274 e. The lowest BCUT2D eigenvalue weighted by Gasteiger charge is -2.34. The number of H-pyrrole nitrogens is 1. The minimum atomic E-state index is -3.79. The van der Waals surface area contributed by atoms with E-state index in [-0.39, 0.29) is 26.9 Å². The first kappa shape index (κ1) is 28.1. The number of hydrogen-bond donors (Lipinski definition) is 3. The lowest BCUT2D eigenvalue weighted by atomic mass is 10.1. The maximum atomic E-state index is 13.7. The van der Waals surface area contributed by atoms with E-state index in [9.17, 15) is 18.0 Å². The zero-order chi connectivity index (χ0) is 30.0. The van der Waals surface area contributed by atoms with Crippen LogP contribution >= 0.6 is 0 Å². The molecule has 3 N–H and O–H groups in total. The third-order valence-electron chi connectivity index (χ3n) is 7.39. The third kappa shape index (κ3) is 5.83. The third-order valence-corrected chi connectivity index (χ3v) is 9.16. The monoisotopic (exact) mass is 595 g/mol. The van der Waals surface area contributed by atoms with Gasteiger partial charge in [-0.3, -0.25) is 19.7 Å². The van der Waals surface area contributed by atoms with Gasteiger partial charge in [0, 0.05) is 43.4 Å². The first-order valence-electron chi connectivity index (χ1n) is 13.7. The predicted molar refractivity (Wildman–Crippen MR) is 164 cm³/mol. The van der Waals surface area contributed by atoms with Crippen LogP contribution in [0.1, 0.15) is 20.8 Å². The zero-order valence-corrected chi connectivity index (χ0v) is 24.1. The zero-order valence-electron chi connectivity index (χ0n) is 23.3. The van der Waals surface area contributed by atoms with Crippen LogP contribution in [0.4, 0.5) is 17.2 Å². The summed E-state index contributed by atoms with van der Waals surface area (Å²) in [4.78, 5) is 35.5. The van der Waals surface area contributed by atoms with Crippen LogP contribution in [0.5, 0.6) is 0 Å². The maximum absolute atomic E-state index is 13.7. The maximum Gasteiger partial charge on any atom is 0.274 e. The summed E-state index contributed by atoms with van der Waals surface area (Å²) >= 11 is 0. The molecule has 0 aliphatic carbocycles. The number of anilines is 3. The van der Waals surface area contributed by atoms with Gasteiger partial charge >= 0.3 is 0 Å². The molecule has 0 saturated carbocycles. The van der Waals surface area contributed by atoms with Crippen molar-refractivity contribution >= 4 is 49.7 Å². The van der Waals surface area contributed by atoms with Crippen molar-refractivity contribution in [3.8, 4) is 0 Å². The summed E-state index contributed by atoms with van der Waals surface area (Å²) in [7, 11) is -1.72. The van der Waals surface area contributed by atoms with Crippen LogP contribution in [-0.4, -0.2) is 73.5 Å². The van der Waals surface area contributed by atoms with Gasteiger partial charge in [0.2, 0.25) is 9.84 Å². The first-order chi connectivity index (χ1) is 20.8. The Kier molecular flexibility index (Phi) is 7.61. The molecule has 0 spiro atoms. The van der Waals surface area contributed by atoms with Crippen molar-refractivity contribution in [2.45, 2.75) is 9.79 Å². The Labute approximate surface area is 248 Å². The standard InChI is InChI=1S/C31H29N7O4S/c1-37-15-17-38(18-16-37)21-10-12-24(28(19-21)33-31(40)27-9-5-6-14-32-27)30(39)34-29-25-20-23(11-13-26(25)35-36-29)43(41,42)22-7-3-2-4-8-22/h2-14,19-20H,15-18H2,1H3,(H,33,40)(H2,34,35,36,39). The van der Waals surface area contributed by atoms with Crippen molar-refractivity contribution in [2.24, 2.45) is 0 Å². The summed E-state index contributed by atoms with van der Waals surface area (Å²) in [6, 6.07) is 23.0. The molecule has 5 aromatic rings. The molecule has 1 aliphatic heterocycles. The summed E-state index contributed by atoms with van der Waals surface area (Å²) in [6.45, 7) is 3.41. The van der Waals surface area contributed by atoms with Crippen molar-refractivity contribution in [3.63, 3.8) is 0 Å². The number of hydrogen-bond acceptors (Lipinski definition) is 8. The summed E-state index contributed by atoms with van der Waals surface area (Å²) in [6.07, 6.45) is 1.53. The van der Waals surface area contributed by atoms with Gasteiger partial charge in [-0.15, -0.1) is 0 Å². The second kappa shape index (κ2) is 11.7. The Morgan fingerprint density at radius 2 is 1.58 bits per heavy atom. The Bertz CT molecular complexity index is 1900. The molecule has 2 aromatic heterocycles. The lowest BCUT2D eigenvalue weighted by Crippen LogP contribution is -2.44. The fraction of sp³-hybridized carbons (Fsp3) is 0.161. The van der Waals surface area contributed by atoms with Gasteiger partial charge in [0.1, 0.15) is 5.69 Å². The molecule has 3 heterocycles. The Morgan fingerprint density at radius 1 is 0.814 bits per heavy atom. The molecule has 11 nitrogen and oxygen atoms in total. The number of benzene rings is 3. The number of carbonyl (C=O) groups is 2. The van der Waals surface area contributed by atoms with Gasteiger partial charge in [0.15, 0.2) is 5.82 Å². The SMILES string of the molecule is CN1CCN(c2ccc(C(=O)Nc3n[nH]c4ccc(S(=O)(=O)c5ccccc5)cc34)c(NC(=O)c3ccccn3)c2)CC1. The number of sulfone groups is 1. The second-order valence-corrected chi connectivity index (χ2v) is 12.2. The molecular weight excluding hydrogens is 566 g/mol. The highest BCUT2D eigenvalue weighted by molar-refractivity contribution is 7.91.